The van der Waals surface area contributed by atoms with Gasteiger partial charge in [-0.2, -0.15) is 0 Å². The van der Waals surface area contributed by atoms with Gasteiger partial charge < -0.3 is 15.0 Å². The topological polar surface area (TPSA) is 72.3 Å². The normalized spacial score (nSPS) is 22.2. The average molecular weight is 279 g/mol. The Kier molecular flexibility index (Phi) is 3.86. The number of methoxy groups -OCH3 is 1. The number of nitrogens with one attached hydrogen (secondary N) is 1. The van der Waals surface area contributed by atoms with E-state index in [2.05, 4.69) is 21.8 Å². The van der Waals surface area contributed by atoms with E-state index in [0.29, 0.717) is 25.6 Å². The minimum atomic E-state index is -0.0212. The second-order valence-electron chi connectivity index (χ2n) is 5.51. The summed E-state index contributed by atoms with van der Waals surface area (Å²) in [5.74, 6) is 0.624. The number of hydrogen-bond donors (Lipinski definition) is 1. The zero-order chi connectivity index (χ0) is 13.9. The first kappa shape index (κ1) is 13.4. The highest BCUT2D eigenvalue weighted by molar-refractivity contribution is 5.74. The molecule has 1 aromatic rings. The van der Waals surface area contributed by atoms with Crippen LogP contribution in [-0.4, -0.2) is 59.3 Å². The number of amides is 2. The van der Waals surface area contributed by atoms with Gasteiger partial charge in [-0.15, -0.1) is 5.10 Å². The number of ether oxygens (including phenoxy) is 1. The predicted octanol–water partition coefficient (Wildman–Crippen LogP) is 0.758. The number of nitrogens with zero attached hydrogens (tertiary/aromatic N) is 4. The molecule has 1 aliphatic carbocycles. The van der Waals surface area contributed by atoms with Crippen molar-refractivity contribution in [2.24, 2.45) is 0 Å². The van der Waals surface area contributed by atoms with E-state index < -0.39 is 0 Å². The average Bonchev–Trinajstić information content (AvgIpc) is 3.00. The minimum absolute atomic E-state index is 0.0212. The summed E-state index contributed by atoms with van der Waals surface area (Å²) >= 11 is 0. The van der Waals surface area contributed by atoms with Crippen molar-refractivity contribution in [3.8, 4) is 0 Å². The summed E-state index contributed by atoms with van der Waals surface area (Å²) in [6.45, 7) is 2.55. The van der Waals surface area contributed by atoms with Crippen molar-refractivity contribution in [3.05, 3.63) is 11.9 Å². The van der Waals surface area contributed by atoms with Gasteiger partial charge in [-0.05, 0) is 19.3 Å². The van der Waals surface area contributed by atoms with Crippen molar-refractivity contribution < 1.29 is 9.53 Å². The molecule has 110 valence electrons. The van der Waals surface area contributed by atoms with Crippen molar-refractivity contribution in [2.75, 3.05) is 33.4 Å². The third-order valence-electron chi connectivity index (χ3n) is 3.93. The van der Waals surface area contributed by atoms with Crippen molar-refractivity contribution in [2.45, 2.75) is 31.2 Å². The Hall–Kier alpha value is -1.63. The quantitative estimate of drug-likeness (QED) is 0.808. The van der Waals surface area contributed by atoms with Gasteiger partial charge in [0.2, 0.25) is 0 Å². The number of likely N-dealkylation sites (tertiary alicyclic amines) is 1. The molecular weight excluding hydrogens is 258 g/mol. The van der Waals surface area contributed by atoms with Crippen LogP contribution in [0.5, 0.6) is 0 Å². The standard InChI is InChI=1S/C13H21N5O2/c1-20-7-5-14-13(19)17-6-4-11(8-17)18-9-12(15-16-18)10-2-3-10/h9-11H,2-8H2,1H3,(H,14,19). The first-order valence-corrected chi connectivity index (χ1v) is 7.21. The van der Waals surface area contributed by atoms with Crippen molar-refractivity contribution >= 4 is 6.03 Å². The lowest BCUT2D eigenvalue weighted by Crippen LogP contribution is -2.40. The lowest BCUT2D eigenvalue weighted by molar-refractivity contribution is 0.184. The fourth-order valence-corrected chi connectivity index (χ4v) is 2.55. The molecule has 1 unspecified atom stereocenters. The van der Waals surface area contributed by atoms with Crippen molar-refractivity contribution in [1.29, 1.82) is 0 Å². The second kappa shape index (κ2) is 5.78. The Morgan fingerprint density at radius 1 is 1.50 bits per heavy atom. The highest BCUT2D eigenvalue weighted by Crippen LogP contribution is 2.39. The largest absolute Gasteiger partial charge is 0.383 e. The zero-order valence-corrected chi connectivity index (χ0v) is 11.8. The summed E-state index contributed by atoms with van der Waals surface area (Å²) in [5, 5.41) is 11.3. The van der Waals surface area contributed by atoms with Gasteiger partial charge in [0.05, 0.1) is 18.3 Å². The van der Waals surface area contributed by atoms with E-state index in [1.54, 1.807) is 7.11 Å². The summed E-state index contributed by atoms with van der Waals surface area (Å²) in [5.41, 5.74) is 1.10. The Bertz CT molecular complexity index is 471. The third-order valence-corrected chi connectivity index (χ3v) is 3.93. The van der Waals surface area contributed by atoms with Crippen LogP contribution in [0.3, 0.4) is 0 Å². The van der Waals surface area contributed by atoms with E-state index in [-0.39, 0.29) is 12.1 Å². The Balaban J connectivity index is 1.51. The molecule has 1 aliphatic heterocycles. The molecule has 0 spiro atoms. The second-order valence-corrected chi connectivity index (χ2v) is 5.51. The molecule has 0 radical (unpaired) electrons. The molecule has 2 aliphatic rings. The predicted molar refractivity (Wildman–Crippen MR) is 72.5 cm³/mol. The molecule has 2 fully saturated rings. The molecule has 20 heavy (non-hydrogen) atoms. The fourth-order valence-electron chi connectivity index (χ4n) is 2.55. The number of carbonyl (C=O) groups excluding carboxylic acids is 1. The molecule has 1 atom stereocenters. The number of urea groups is 1. The van der Waals surface area contributed by atoms with Gasteiger partial charge in [0.25, 0.3) is 0 Å². The number of rotatable bonds is 5. The van der Waals surface area contributed by atoms with E-state index in [4.69, 9.17) is 4.74 Å². The molecule has 0 aromatic carbocycles. The molecule has 1 aromatic heterocycles. The van der Waals surface area contributed by atoms with Crippen LogP contribution in [-0.2, 0) is 4.74 Å². The van der Waals surface area contributed by atoms with E-state index in [0.717, 1.165) is 18.7 Å². The van der Waals surface area contributed by atoms with E-state index in [1.165, 1.54) is 12.8 Å². The number of carbonyl (C=O) groups is 1. The number of aromatic nitrogens is 3. The first-order chi connectivity index (χ1) is 9.78. The van der Waals surface area contributed by atoms with Crippen LogP contribution in [0.25, 0.3) is 0 Å². The van der Waals surface area contributed by atoms with Gasteiger partial charge >= 0.3 is 6.03 Å². The van der Waals surface area contributed by atoms with Crippen molar-refractivity contribution in [3.63, 3.8) is 0 Å². The summed E-state index contributed by atoms with van der Waals surface area (Å²) in [6.07, 6.45) is 5.45. The molecule has 1 N–H and O–H groups in total. The molecule has 1 saturated carbocycles. The van der Waals surface area contributed by atoms with Gasteiger partial charge in [0, 0.05) is 38.9 Å². The van der Waals surface area contributed by atoms with Crippen LogP contribution >= 0.6 is 0 Å². The maximum Gasteiger partial charge on any atom is 0.317 e. The SMILES string of the molecule is COCCNC(=O)N1CCC(n2cc(C3CC3)nn2)C1. The van der Waals surface area contributed by atoms with Crippen LogP contribution in [0.2, 0.25) is 0 Å². The van der Waals surface area contributed by atoms with Gasteiger partial charge in [0.1, 0.15) is 0 Å². The summed E-state index contributed by atoms with van der Waals surface area (Å²) < 4.78 is 6.85. The minimum Gasteiger partial charge on any atom is -0.383 e. The summed E-state index contributed by atoms with van der Waals surface area (Å²) in [6, 6.07) is 0.232. The third kappa shape index (κ3) is 2.92. The van der Waals surface area contributed by atoms with E-state index >= 15 is 0 Å². The molecule has 3 rings (SSSR count). The first-order valence-electron chi connectivity index (χ1n) is 7.21. The molecule has 2 heterocycles. The molecule has 1 saturated heterocycles. The van der Waals surface area contributed by atoms with Gasteiger partial charge in [0.15, 0.2) is 0 Å². The summed E-state index contributed by atoms with van der Waals surface area (Å²) in [7, 11) is 1.63. The Morgan fingerprint density at radius 3 is 3.10 bits per heavy atom. The zero-order valence-electron chi connectivity index (χ0n) is 11.8. The van der Waals surface area contributed by atoms with Crippen LogP contribution in [0.4, 0.5) is 4.79 Å². The monoisotopic (exact) mass is 279 g/mol. The highest BCUT2D eigenvalue weighted by atomic mass is 16.5. The van der Waals surface area contributed by atoms with Crippen LogP contribution < -0.4 is 5.32 Å². The smallest absolute Gasteiger partial charge is 0.317 e. The van der Waals surface area contributed by atoms with Crippen molar-refractivity contribution in [1.82, 2.24) is 25.2 Å². The molecule has 7 nitrogen and oxygen atoms in total. The van der Waals surface area contributed by atoms with Gasteiger partial charge in [-0.3, -0.25) is 0 Å². The fraction of sp³-hybridized carbons (Fsp3) is 0.769. The van der Waals surface area contributed by atoms with Crippen LogP contribution in [0, 0.1) is 0 Å². The lowest BCUT2D eigenvalue weighted by atomic mass is 10.2. The van der Waals surface area contributed by atoms with Crippen LogP contribution in [0.15, 0.2) is 6.20 Å². The van der Waals surface area contributed by atoms with Crippen LogP contribution in [0.1, 0.15) is 36.9 Å². The van der Waals surface area contributed by atoms with E-state index in [9.17, 15) is 4.79 Å². The molecular formula is C13H21N5O2. The van der Waals surface area contributed by atoms with E-state index in [1.807, 2.05) is 9.58 Å². The molecule has 0 bridgehead atoms. The number of hydrogen-bond acceptors (Lipinski definition) is 4. The Labute approximate surface area is 118 Å². The maximum atomic E-state index is 11.9. The molecule has 7 heteroatoms. The summed E-state index contributed by atoms with van der Waals surface area (Å²) in [4.78, 5) is 13.8. The maximum absolute atomic E-state index is 11.9. The van der Waals surface area contributed by atoms with Gasteiger partial charge in [-0.25, -0.2) is 9.48 Å². The highest BCUT2D eigenvalue weighted by Gasteiger charge is 2.31. The lowest BCUT2D eigenvalue weighted by Gasteiger charge is -2.17. The molecule has 2 amide bonds. The Morgan fingerprint density at radius 2 is 2.35 bits per heavy atom. The van der Waals surface area contributed by atoms with Gasteiger partial charge in [-0.1, -0.05) is 5.21 Å².